The molecule has 1 heterocycles. The van der Waals surface area contributed by atoms with Crippen molar-refractivity contribution in [2.75, 3.05) is 6.54 Å². The lowest BCUT2D eigenvalue weighted by molar-refractivity contribution is 0.186. The van der Waals surface area contributed by atoms with Gasteiger partial charge in [0.2, 0.25) is 0 Å². The van der Waals surface area contributed by atoms with Gasteiger partial charge in [0.05, 0.1) is 6.10 Å². The van der Waals surface area contributed by atoms with Crippen LogP contribution in [-0.4, -0.2) is 17.8 Å². The first kappa shape index (κ1) is 9.69. The predicted octanol–water partition coefficient (Wildman–Crippen LogP) is 1.56. The van der Waals surface area contributed by atoms with Gasteiger partial charge in [0.15, 0.2) is 0 Å². The van der Waals surface area contributed by atoms with E-state index >= 15 is 0 Å². The number of benzene rings is 1. The second-order valence-corrected chi connectivity index (χ2v) is 4.39. The second kappa shape index (κ2) is 3.37. The summed E-state index contributed by atoms with van der Waals surface area (Å²) in [5.41, 5.74) is 2.54. The first-order valence-corrected chi connectivity index (χ1v) is 5.11. The summed E-state index contributed by atoms with van der Waals surface area (Å²) >= 11 is 0. The van der Waals surface area contributed by atoms with Gasteiger partial charge >= 0.3 is 0 Å². The van der Waals surface area contributed by atoms with Gasteiger partial charge in [0, 0.05) is 12.1 Å². The van der Waals surface area contributed by atoms with Crippen molar-refractivity contribution in [1.29, 1.82) is 0 Å². The van der Waals surface area contributed by atoms with Crippen LogP contribution >= 0.6 is 0 Å². The van der Waals surface area contributed by atoms with Crippen LogP contribution in [0.4, 0.5) is 0 Å². The molecule has 0 aromatic heterocycles. The normalized spacial score (nSPS) is 32.1. The Kier molecular flexibility index (Phi) is 2.33. The minimum Gasteiger partial charge on any atom is -0.392 e. The highest BCUT2D eigenvalue weighted by Crippen LogP contribution is 2.32. The molecule has 0 radical (unpaired) electrons. The standard InChI is InChI=1S/C12H17NO/c1-9-5-3-4-6-11(9)12(2)7-10(14)8-13-12/h3-6,10,13-14H,7-8H2,1-2H3. The Hall–Kier alpha value is -0.860. The molecule has 2 rings (SSSR count). The van der Waals surface area contributed by atoms with Crippen LogP contribution in [0.2, 0.25) is 0 Å². The maximum absolute atomic E-state index is 9.55. The van der Waals surface area contributed by atoms with E-state index < -0.39 is 0 Å². The Labute approximate surface area is 85.0 Å². The summed E-state index contributed by atoms with van der Waals surface area (Å²) in [6.07, 6.45) is 0.595. The molecular weight excluding hydrogens is 174 g/mol. The third-order valence-electron chi connectivity index (χ3n) is 3.11. The number of β-amino-alcohol motifs (C(OH)–C–C–N with tert-alkyl or cyclic N) is 1. The third-order valence-corrected chi connectivity index (χ3v) is 3.11. The second-order valence-electron chi connectivity index (χ2n) is 4.39. The van der Waals surface area contributed by atoms with Crippen LogP contribution in [0, 0.1) is 6.92 Å². The summed E-state index contributed by atoms with van der Waals surface area (Å²) in [4.78, 5) is 0. The van der Waals surface area contributed by atoms with Crippen molar-refractivity contribution >= 4 is 0 Å². The molecule has 0 amide bonds. The zero-order valence-electron chi connectivity index (χ0n) is 8.75. The van der Waals surface area contributed by atoms with Gasteiger partial charge in [-0.15, -0.1) is 0 Å². The molecule has 14 heavy (non-hydrogen) atoms. The summed E-state index contributed by atoms with van der Waals surface area (Å²) < 4.78 is 0. The van der Waals surface area contributed by atoms with Crippen LogP contribution in [0.15, 0.2) is 24.3 Å². The molecule has 1 aromatic carbocycles. The molecule has 1 aromatic rings. The number of nitrogens with one attached hydrogen (secondary N) is 1. The Morgan fingerprint density at radius 1 is 1.43 bits per heavy atom. The zero-order valence-corrected chi connectivity index (χ0v) is 8.75. The van der Waals surface area contributed by atoms with Gasteiger partial charge in [-0.1, -0.05) is 24.3 Å². The van der Waals surface area contributed by atoms with Crippen LogP contribution in [0.25, 0.3) is 0 Å². The minimum atomic E-state index is -0.209. The van der Waals surface area contributed by atoms with E-state index in [-0.39, 0.29) is 11.6 Å². The zero-order chi connectivity index (χ0) is 10.2. The molecule has 0 spiro atoms. The molecule has 0 saturated carbocycles. The van der Waals surface area contributed by atoms with Gasteiger partial charge in [0.1, 0.15) is 0 Å². The summed E-state index contributed by atoms with van der Waals surface area (Å²) in [7, 11) is 0. The Morgan fingerprint density at radius 3 is 2.71 bits per heavy atom. The molecule has 2 N–H and O–H groups in total. The van der Waals surface area contributed by atoms with E-state index in [1.165, 1.54) is 11.1 Å². The highest BCUT2D eigenvalue weighted by Gasteiger charge is 2.35. The first-order valence-electron chi connectivity index (χ1n) is 5.11. The van der Waals surface area contributed by atoms with E-state index in [1.54, 1.807) is 0 Å². The lowest BCUT2D eigenvalue weighted by Gasteiger charge is -2.26. The molecule has 1 fully saturated rings. The molecule has 2 atom stereocenters. The number of aliphatic hydroxyl groups is 1. The van der Waals surface area contributed by atoms with Crippen molar-refractivity contribution in [3.05, 3.63) is 35.4 Å². The molecule has 0 aliphatic carbocycles. The molecular formula is C12H17NO. The fourth-order valence-corrected chi connectivity index (χ4v) is 2.36. The summed E-state index contributed by atoms with van der Waals surface area (Å²) in [6, 6.07) is 8.36. The van der Waals surface area contributed by atoms with Crippen molar-refractivity contribution in [3.8, 4) is 0 Å². The van der Waals surface area contributed by atoms with Crippen LogP contribution in [-0.2, 0) is 5.54 Å². The lowest BCUT2D eigenvalue weighted by Crippen LogP contribution is -2.33. The fourth-order valence-electron chi connectivity index (χ4n) is 2.36. The average Bonchev–Trinajstić information content (AvgIpc) is 2.48. The van der Waals surface area contributed by atoms with E-state index in [1.807, 2.05) is 6.07 Å². The third kappa shape index (κ3) is 1.56. The number of aryl methyl sites for hydroxylation is 1. The molecule has 2 nitrogen and oxygen atoms in total. The maximum atomic E-state index is 9.55. The van der Waals surface area contributed by atoms with Gasteiger partial charge < -0.3 is 10.4 Å². The fraction of sp³-hybridized carbons (Fsp3) is 0.500. The van der Waals surface area contributed by atoms with E-state index in [0.29, 0.717) is 6.54 Å². The lowest BCUT2D eigenvalue weighted by atomic mass is 9.87. The van der Waals surface area contributed by atoms with E-state index in [2.05, 4.69) is 37.4 Å². The largest absolute Gasteiger partial charge is 0.392 e. The van der Waals surface area contributed by atoms with Crippen molar-refractivity contribution < 1.29 is 5.11 Å². The van der Waals surface area contributed by atoms with E-state index in [0.717, 1.165) is 6.42 Å². The van der Waals surface area contributed by atoms with Crippen molar-refractivity contribution in [2.24, 2.45) is 0 Å². The molecule has 76 valence electrons. The van der Waals surface area contributed by atoms with Crippen molar-refractivity contribution in [2.45, 2.75) is 31.9 Å². The topological polar surface area (TPSA) is 32.3 Å². The van der Waals surface area contributed by atoms with Crippen LogP contribution in [0.3, 0.4) is 0 Å². The van der Waals surface area contributed by atoms with Crippen LogP contribution in [0.5, 0.6) is 0 Å². The van der Waals surface area contributed by atoms with E-state index in [9.17, 15) is 5.11 Å². The molecule has 1 aliphatic rings. The molecule has 1 aliphatic heterocycles. The van der Waals surface area contributed by atoms with E-state index in [4.69, 9.17) is 0 Å². The van der Waals surface area contributed by atoms with Crippen molar-refractivity contribution in [3.63, 3.8) is 0 Å². The van der Waals surface area contributed by atoms with Gasteiger partial charge in [-0.05, 0) is 31.4 Å². The summed E-state index contributed by atoms with van der Waals surface area (Å²) in [6.45, 7) is 4.98. The number of rotatable bonds is 1. The number of hydrogen-bond donors (Lipinski definition) is 2. The Bertz CT molecular complexity index is 337. The van der Waals surface area contributed by atoms with Crippen molar-refractivity contribution in [1.82, 2.24) is 5.32 Å². The number of hydrogen-bond acceptors (Lipinski definition) is 2. The Balaban J connectivity index is 2.35. The smallest absolute Gasteiger partial charge is 0.0685 e. The highest BCUT2D eigenvalue weighted by molar-refractivity contribution is 5.33. The molecule has 2 heteroatoms. The van der Waals surface area contributed by atoms with Gasteiger partial charge in [-0.25, -0.2) is 0 Å². The highest BCUT2D eigenvalue weighted by atomic mass is 16.3. The van der Waals surface area contributed by atoms with Crippen LogP contribution < -0.4 is 5.32 Å². The molecule has 0 bridgehead atoms. The van der Waals surface area contributed by atoms with Crippen LogP contribution in [0.1, 0.15) is 24.5 Å². The number of aliphatic hydroxyl groups excluding tert-OH is 1. The molecule has 2 unspecified atom stereocenters. The predicted molar refractivity (Wildman–Crippen MR) is 57.2 cm³/mol. The molecule has 1 saturated heterocycles. The first-order chi connectivity index (χ1) is 6.62. The van der Waals surface area contributed by atoms with Gasteiger partial charge in [0.25, 0.3) is 0 Å². The average molecular weight is 191 g/mol. The summed E-state index contributed by atoms with van der Waals surface area (Å²) in [5, 5.41) is 12.9. The van der Waals surface area contributed by atoms with Gasteiger partial charge in [-0.2, -0.15) is 0 Å². The Morgan fingerprint density at radius 2 is 2.14 bits per heavy atom. The SMILES string of the molecule is Cc1ccccc1C1(C)CC(O)CN1. The van der Waals surface area contributed by atoms with Gasteiger partial charge in [-0.3, -0.25) is 0 Å². The maximum Gasteiger partial charge on any atom is 0.0685 e. The summed E-state index contributed by atoms with van der Waals surface area (Å²) in [5.74, 6) is 0. The minimum absolute atomic E-state index is 0.0508. The monoisotopic (exact) mass is 191 g/mol. The quantitative estimate of drug-likeness (QED) is 0.706.